The fraction of sp³-hybridized carbons (Fsp3) is 0. The van der Waals surface area contributed by atoms with Gasteiger partial charge in [0.1, 0.15) is 0 Å². The van der Waals surface area contributed by atoms with Crippen LogP contribution in [0.3, 0.4) is 0 Å². The van der Waals surface area contributed by atoms with Crippen LogP contribution >= 0.6 is 0 Å². The van der Waals surface area contributed by atoms with Gasteiger partial charge in [-0.05, 0) is 89.8 Å². The van der Waals surface area contributed by atoms with E-state index in [-0.39, 0.29) is 0 Å². The van der Waals surface area contributed by atoms with Crippen molar-refractivity contribution >= 4 is 71.1 Å². The second-order valence-electron chi connectivity index (χ2n) is 14.0. The lowest BCUT2D eigenvalue weighted by atomic mass is 10.0. The number of hydrogen-bond acceptors (Lipinski definition) is 1. The van der Waals surface area contributed by atoms with Gasteiger partial charge in [0, 0.05) is 43.9 Å². The molecule has 0 bridgehead atoms. The van der Waals surface area contributed by atoms with Crippen molar-refractivity contribution in [3.63, 3.8) is 0 Å². The van der Waals surface area contributed by atoms with E-state index in [1.165, 1.54) is 32.6 Å². The molecule has 0 atom stereocenters. The summed E-state index contributed by atoms with van der Waals surface area (Å²) in [5.74, 6) is 0. The van der Waals surface area contributed by atoms with E-state index < -0.39 is 0 Å². The zero-order valence-electron chi connectivity index (χ0n) is 29.5. The molecule has 11 rings (SSSR count). The maximum atomic E-state index is 10.1. The van der Waals surface area contributed by atoms with Crippen molar-refractivity contribution in [1.82, 2.24) is 13.7 Å². The fourth-order valence-electron chi connectivity index (χ4n) is 8.69. The average Bonchev–Trinajstić information content (AvgIpc) is 3.89. The second-order valence-corrected chi connectivity index (χ2v) is 14.0. The molecule has 254 valence electrons. The van der Waals surface area contributed by atoms with E-state index >= 15 is 0 Å². The second kappa shape index (κ2) is 11.8. The lowest BCUT2D eigenvalue weighted by Gasteiger charge is -2.16. The summed E-state index contributed by atoms with van der Waals surface area (Å²) >= 11 is 0. The molecule has 0 N–H and O–H groups in total. The molecule has 11 aromatic rings. The molecule has 0 aliphatic rings. The lowest BCUT2D eigenvalue weighted by molar-refractivity contribution is 1.16. The van der Waals surface area contributed by atoms with Crippen LogP contribution in [0, 0.1) is 17.9 Å². The predicted molar refractivity (Wildman–Crippen MR) is 226 cm³/mol. The first kappa shape index (κ1) is 30.7. The van der Waals surface area contributed by atoms with Gasteiger partial charge in [0.15, 0.2) is 5.69 Å². The fourth-order valence-corrected chi connectivity index (χ4v) is 8.69. The minimum Gasteiger partial charge on any atom is -0.309 e. The Kier molecular flexibility index (Phi) is 6.61. The van der Waals surface area contributed by atoms with Crippen LogP contribution in [0.2, 0.25) is 0 Å². The third-order valence-corrected chi connectivity index (χ3v) is 11.1. The van der Waals surface area contributed by atoms with Crippen LogP contribution in [0.15, 0.2) is 176 Å². The van der Waals surface area contributed by atoms with Gasteiger partial charge in [-0.15, -0.1) is 0 Å². The van der Waals surface area contributed by atoms with Crippen LogP contribution < -0.4 is 0 Å². The maximum Gasteiger partial charge on any atom is 0.188 e. The highest BCUT2D eigenvalue weighted by atomic mass is 15.0. The van der Waals surface area contributed by atoms with Crippen molar-refractivity contribution in [3.8, 4) is 34.3 Å². The van der Waals surface area contributed by atoms with Gasteiger partial charge in [0.2, 0.25) is 0 Å². The van der Waals surface area contributed by atoms with Crippen LogP contribution in [0.1, 0.15) is 5.56 Å². The predicted octanol–water partition coefficient (Wildman–Crippen LogP) is 13.1. The molecule has 0 fully saturated rings. The molecule has 55 heavy (non-hydrogen) atoms. The number of nitrogens with zero attached hydrogens (tertiary/aromatic N) is 5. The highest BCUT2D eigenvalue weighted by Crippen LogP contribution is 2.41. The molecule has 0 aliphatic carbocycles. The Balaban J connectivity index is 1.13. The van der Waals surface area contributed by atoms with E-state index in [1.807, 2.05) is 30.3 Å². The van der Waals surface area contributed by atoms with Gasteiger partial charge in [0.05, 0.1) is 57.0 Å². The average molecular weight is 700 g/mol. The number of para-hydroxylation sites is 4. The number of benzene rings is 8. The Morgan fingerprint density at radius 2 is 0.891 bits per heavy atom. The zero-order chi connectivity index (χ0) is 36.6. The SMILES string of the molecule is [C-]#[N+]c1ccc2c(c1)c1cc(-n3c4ccccc4c4ccccc43)ccc1n2-c1cc(C#N)ccc1-c1ccc(-n2c3ccccc3c3ccccc32)cc1. The number of nitriles is 1. The van der Waals surface area contributed by atoms with Gasteiger partial charge in [-0.3, -0.25) is 0 Å². The van der Waals surface area contributed by atoms with Gasteiger partial charge < -0.3 is 13.7 Å². The zero-order valence-corrected chi connectivity index (χ0v) is 29.5. The van der Waals surface area contributed by atoms with Crippen molar-refractivity contribution in [2.24, 2.45) is 0 Å². The standard InChI is InChI=1S/C50H29N5/c1-52-34-21-26-48-42(29-34)43-30-36(54-46-16-8-4-12-40(46)41-13-5-9-17-47(41)54)24-27-49(43)55(48)50-28-32(31-51)18-25-37(50)33-19-22-35(23-20-33)53-44-14-6-2-10-38(44)39-11-3-7-15-45(39)53/h2-30H. The molecule has 8 aromatic carbocycles. The van der Waals surface area contributed by atoms with E-state index in [9.17, 15) is 5.26 Å². The molecular formula is C50H29N5. The smallest absolute Gasteiger partial charge is 0.188 e. The minimum absolute atomic E-state index is 0.579. The normalized spacial score (nSPS) is 11.6. The molecule has 0 unspecified atom stereocenters. The molecule has 0 amide bonds. The van der Waals surface area contributed by atoms with Crippen molar-refractivity contribution in [1.29, 1.82) is 5.26 Å². The molecule has 0 saturated carbocycles. The summed E-state index contributed by atoms with van der Waals surface area (Å²) in [5.41, 5.74) is 12.8. The summed E-state index contributed by atoms with van der Waals surface area (Å²) in [4.78, 5) is 3.81. The lowest BCUT2D eigenvalue weighted by Crippen LogP contribution is -1.99. The van der Waals surface area contributed by atoms with E-state index in [0.717, 1.165) is 61.0 Å². The Bertz CT molecular complexity index is 3350. The van der Waals surface area contributed by atoms with Crippen molar-refractivity contribution in [3.05, 3.63) is 193 Å². The number of fused-ring (bicyclic) bond motifs is 9. The van der Waals surface area contributed by atoms with Crippen molar-refractivity contribution in [2.45, 2.75) is 0 Å². The van der Waals surface area contributed by atoms with Crippen LogP contribution in [-0.2, 0) is 0 Å². The molecule has 3 aromatic heterocycles. The summed E-state index contributed by atoms with van der Waals surface area (Å²) in [6.45, 7) is 7.87. The summed E-state index contributed by atoms with van der Waals surface area (Å²) in [6.07, 6.45) is 0. The van der Waals surface area contributed by atoms with Crippen molar-refractivity contribution < 1.29 is 0 Å². The third-order valence-electron chi connectivity index (χ3n) is 11.1. The monoisotopic (exact) mass is 699 g/mol. The molecule has 0 spiro atoms. The Hall–Kier alpha value is -7.86. The molecule has 0 radical (unpaired) electrons. The minimum atomic E-state index is 0.579. The van der Waals surface area contributed by atoms with E-state index in [1.54, 1.807) is 0 Å². The highest BCUT2D eigenvalue weighted by molar-refractivity contribution is 6.13. The van der Waals surface area contributed by atoms with Gasteiger partial charge in [0.25, 0.3) is 0 Å². The van der Waals surface area contributed by atoms with Gasteiger partial charge in [-0.1, -0.05) is 97.1 Å². The first-order valence-electron chi connectivity index (χ1n) is 18.3. The molecule has 0 saturated heterocycles. The third kappa shape index (κ3) is 4.51. The quantitative estimate of drug-likeness (QED) is 0.169. The first-order chi connectivity index (χ1) is 27.2. The Morgan fingerprint density at radius 1 is 0.418 bits per heavy atom. The largest absolute Gasteiger partial charge is 0.309 e. The Morgan fingerprint density at radius 3 is 1.44 bits per heavy atom. The van der Waals surface area contributed by atoms with E-state index in [0.29, 0.717) is 11.3 Å². The summed E-state index contributed by atoms with van der Waals surface area (Å²) in [7, 11) is 0. The summed E-state index contributed by atoms with van der Waals surface area (Å²) in [5, 5.41) is 17.0. The van der Waals surface area contributed by atoms with Crippen LogP contribution in [0.4, 0.5) is 5.69 Å². The van der Waals surface area contributed by atoms with Crippen molar-refractivity contribution in [2.75, 3.05) is 0 Å². The van der Waals surface area contributed by atoms with Gasteiger partial charge in [-0.2, -0.15) is 5.26 Å². The molecule has 5 heteroatoms. The Labute approximate surface area is 316 Å². The van der Waals surface area contributed by atoms with E-state index in [2.05, 4.69) is 170 Å². The van der Waals surface area contributed by atoms with Crippen LogP contribution in [-0.4, -0.2) is 13.7 Å². The van der Waals surface area contributed by atoms with E-state index in [4.69, 9.17) is 6.57 Å². The molecule has 3 heterocycles. The van der Waals surface area contributed by atoms with Gasteiger partial charge in [-0.25, -0.2) is 4.85 Å². The first-order valence-corrected chi connectivity index (χ1v) is 18.3. The summed E-state index contributed by atoms with van der Waals surface area (Å²) < 4.78 is 6.91. The molecular weight excluding hydrogens is 671 g/mol. The van der Waals surface area contributed by atoms with Crippen LogP contribution in [0.25, 0.3) is 98.5 Å². The maximum absolute atomic E-state index is 10.1. The highest BCUT2D eigenvalue weighted by Gasteiger charge is 2.20. The molecule has 0 aliphatic heterocycles. The van der Waals surface area contributed by atoms with Crippen LogP contribution in [0.5, 0.6) is 0 Å². The topological polar surface area (TPSA) is 42.9 Å². The number of hydrogen-bond donors (Lipinski definition) is 0. The number of rotatable bonds is 4. The van der Waals surface area contributed by atoms with Gasteiger partial charge >= 0.3 is 0 Å². The summed E-state index contributed by atoms with van der Waals surface area (Å²) in [6, 6.07) is 63.7. The number of aromatic nitrogens is 3. The molecule has 5 nitrogen and oxygen atoms in total.